The summed E-state index contributed by atoms with van der Waals surface area (Å²) in [6.45, 7) is 2.14. The molecule has 2 aromatic heterocycles. The van der Waals surface area contributed by atoms with Gasteiger partial charge in [0.25, 0.3) is 5.22 Å². The lowest BCUT2D eigenvalue weighted by Gasteiger charge is -2.14. The molecule has 0 fully saturated rings. The van der Waals surface area contributed by atoms with E-state index in [1.165, 1.54) is 11.8 Å². The van der Waals surface area contributed by atoms with Crippen molar-refractivity contribution in [1.82, 2.24) is 25.1 Å². The fourth-order valence-electron chi connectivity index (χ4n) is 3.26. The molecule has 0 unspecified atom stereocenters. The molecule has 4 aromatic rings. The number of imidazole rings is 1. The molecule has 162 valence electrons. The van der Waals surface area contributed by atoms with Gasteiger partial charge in [-0.15, -0.1) is 10.2 Å². The van der Waals surface area contributed by atoms with Crippen molar-refractivity contribution in [2.24, 2.45) is 0 Å². The third-order valence-corrected chi connectivity index (χ3v) is 5.74. The molecule has 5 rings (SSSR count). The van der Waals surface area contributed by atoms with Gasteiger partial charge in [0.2, 0.25) is 18.6 Å². The summed E-state index contributed by atoms with van der Waals surface area (Å²) in [4.78, 5) is 16.4. The Kier molecular flexibility index (Phi) is 5.51. The molecule has 3 heterocycles. The van der Waals surface area contributed by atoms with Crippen molar-refractivity contribution in [2.45, 2.75) is 18.2 Å². The second-order valence-electron chi connectivity index (χ2n) is 7.08. The monoisotopic (exact) mass is 449 g/mol. The number of ether oxygens (including phenoxy) is 2. The van der Waals surface area contributed by atoms with Crippen LogP contribution in [0.2, 0.25) is 0 Å². The number of amides is 1. The minimum atomic E-state index is -0.133. The van der Waals surface area contributed by atoms with Gasteiger partial charge in [-0.25, -0.2) is 4.98 Å². The minimum absolute atomic E-state index is 0.121. The summed E-state index contributed by atoms with van der Waals surface area (Å²) in [6.07, 6.45) is 5.36. The van der Waals surface area contributed by atoms with Gasteiger partial charge >= 0.3 is 0 Å². The predicted molar refractivity (Wildman–Crippen MR) is 117 cm³/mol. The molecule has 0 aliphatic carbocycles. The molecular formula is C22H19N5O4S. The van der Waals surface area contributed by atoms with Gasteiger partial charge in [-0.2, -0.15) is 0 Å². The SMILES string of the molecule is C[C@@H](NC(=O)CSc1nnc(-c2ccc3c(c2)OCO3)o1)c1ccc(-n2ccnc2)cc1. The van der Waals surface area contributed by atoms with E-state index in [1.807, 2.05) is 48.0 Å². The zero-order valence-electron chi connectivity index (χ0n) is 17.1. The Morgan fingerprint density at radius 2 is 2.00 bits per heavy atom. The Labute approximate surface area is 187 Å². The fourth-order valence-corrected chi connectivity index (χ4v) is 3.83. The average Bonchev–Trinajstić information content (AvgIpc) is 3.59. The van der Waals surface area contributed by atoms with Crippen LogP contribution in [-0.4, -0.2) is 38.2 Å². The lowest BCUT2D eigenvalue weighted by molar-refractivity contribution is -0.119. The zero-order chi connectivity index (χ0) is 21.9. The van der Waals surface area contributed by atoms with Crippen molar-refractivity contribution < 1.29 is 18.7 Å². The number of rotatable bonds is 7. The number of thioether (sulfide) groups is 1. The van der Waals surface area contributed by atoms with Gasteiger partial charge in [-0.1, -0.05) is 23.9 Å². The largest absolute Gasteiger partial charge is 0.454 e. The quantitative estimate of drug-likeness (QED) is 0.427. The molecule has 1 N–H and O–H groups in total. The first-order chi connectivity index (χ1) is 15.7. The molecule has 2 aromatic carbocycles. The van der Waals surface area contributed by atoms with Crippen LogP contribution in [-0.2, 0) is 4.79 Å². The Morgan fingerprint density at radius 1 is 1.16 bits per heavy atom. The van der Waals surface area contributed by atoms with Crippen molar-refractivity contribution in [3.05, 3.63) is 66.7 Å². The van der Waals surface area contributed by atoms with Crippen LogP contribution in [0.4, 0.5) is 0 Å². The molecule has 0 spiro atoms. The fraction of sp³-hybridized carbons (Fsp3) is 0.182. The van der Waals surface area contributed by atoms with E-state index in [0.717, 1.165) is 16.8 Å². The summed E-state index contributed by atoms with van der Waals surface area (Å²) < 4.78 is 18.3. The molecule has 1 aliphatic heterocycles. The first kappa shape index (κ1) is 20.1. The van der Waals surface area contributed by atoms with Crippen LogP contribution in [0.5, 0.6) is 11.5 Å². The zero-order valence-corrected chi connectivity index (χ0v) is 17.9. The highest BCUT2D eigenvalue weighted by molar-refractivity contribution is 7.99. The van der Waals surface area contributed by atoms with E-state index in [9.17, 15) is 4.79 Å². The topological polar surface area (TPSA) is 104 Å². The molecule has 1 atom stereocenters. The summed E-state index contributed by atoms with van der Waals surface area (Å²) >= 11 is 1.19. The number of aromatic nitrogens is 4. The Morgan fingerprint density at radius 3 is 2.81 bits per heavy atom. The van der Waals surface area contributed by atoms with E-state index in [4.69, 9.17) is 13.9 Å². The summed E-state index contributed by atoms with van der Waals surface area (Å²) in [6, 6.07) is 13.2. The molecule has 0 saturated heterocycles. The van der Waals surface area contributed by atoms with Crippen LogP contribution in [0.3, 0.4) is 0 Å². The van der Waals surface area contributed by atoms with Gasteiger partial charge in [0.05, 0.1) is 18.1 Å². The number of hydrogen-bond acceptors (Lipinski definition) is 8. The van der Waals surface area contributed by atoms with E-state index in [0.29, 0.717) is 22.6 Å². The van der Waals surface area contributed by atoms with Crippen molar-refractivity contribution in [3.8, 4) is 28.6 Å². The van der Waals surface area contributed by atoms with Gasteiger partial charge < -0.3 is 23.8 Å². The molecule has 1 aliphatic rings. The second kappa shape index (κ2) is 8.75. The lowest BCUT2D eigenvalue weighted by Crippen LogP contribution is -2.28. The second-order valence-corrected chi connectivity index (χ2v) is 8.01. The van der Waals surface area contributed by atoms with E-state index in [2.05, 4.69) is 20.5 Å². The Hall–Kier alpha value is -3.79. The number of carbonyl (C=O) groups is 1. The predicted octanol–water partition coefficient (Wildman–Crippen LogP) is 3.62. The minimum Gasteiger partial charge on any atom is -0.454 e. The normalized spacial score (nSPS) is 13.2. The maximum absolute atomic E-state index is 12.4. The summed E-state index contributed by atoms with van der Waals surface area (Å²) in [5, 5.41) is 11.4. The number of carbonyl (C=O) groups excluding carboxylic acids is 1. The Bertz CT molecular complexity index is 1220. The smallest absolute Gasteiger partial charge is 0.277 e. The number of fused-ring (bicyclic) bond motifs is 1. The van der Waals surface area contributed by atoms with E-state index < -0.39 is 0 Å². The molecule has 0 bridgehead atoms. The van der Waals surface area contributed by atoms with E-state index in [-0.39, 0.29) is 24.5 Å². The molecule has 9 nitrogen and oxygen atoms in total. The van der Waals surface area contributed by atoms with Gasteiger partial charge in [0, 0.05) is 23.6 Å². The average molecular weight is 449 g/mol. The maximum Gasteiger partial charge on any atom is 0.277 e. The van der Waals surface area contributed by atoms with Crippen LogP contribution in [0.1, 0.15) is 18.5 Å². The van der Waals surface area contributed by atoms with Crippen LogP contribution in [0, 0.1) is 0 Å². The van der Waals surface area contributed by atoms with Gasteiger partial charge in [-0.05, 0) is 42.8 Å². The highest BCUT2D eigenvalue weighted by Gasteiger charge is 2.17. The molecule has 32 heavy (non-hydrogen) atoms. The van der Waals surface area contributed by atoms with Crippen molar-refractivity contribution in [1.29, 1.82) is 0 Å². The van der Waals surface area contributed by atoms with Gasteiger partial charge in [-0.3, -0.25) is 4.79 Å². The van der Waals surface area contributed by atoms with Crippen molar-refractivity contribution >= 4 is 17.7 Å². The molecule has 0 radical (unpaired) electrons. The highest BCUT2D eigenvalue weighted by Crippen LogP contribution is 2.36. The van der Waals surface area contributed by atoms with E-state index >= 15 is 0 Å². The van der Waals surface area contributed by atoms with Gasteiger partial charge in [0.1, 0.15) is 0 Å². The number of benzene rings is 2. The first-order valence-corrected chi connectivity index (χ1v) is 10.9. The summed E-state index contributed by atoms with van der Waals surface area (Å²) in [5.74, 6) is 1.73. The van der Waals surface area contributed by atoms with Crippen LogP contribution in [0.15, 0.2) is 70.8 Å². The molecular weight excluding hydrogens is 430 g/mol. The van der Waals surface area contributed by atoms with Crippen LogP contribution >= 0.6 is 11.8 Å². The number of nitrogens with zero attached hydrogens (tertiary/aromatic N) is 4. The maximum atomic E-state index is 12.4. The number of hydrogen-bond donors (Lipinski definition) is 1. The summed E-state index contributed by atoms with van der Waals surface area (Å²) in [7, 11) is 0. The Balaban J connectivity index is 1.15. The third kappa shape index (κ3) is 4.30. The molecule has 1 amide bonds. The van der Waals surface area contributed by atoms with Crippen molar-refractivity contribution in [3.63, 3.8) is 0 Å². The standard InChI is InChI=1S/C22H19N5O4S/c1-14(15-2-5-17(6-3-15)27-9-8-23-12-27)24-20(28)11-32-22-26-25-21(31-22)16-4-7-18-19(10-16)30-13-29-18/h2-10,12,14H,11,13H2,1H3,(H,24,28)/t14-/m1/s1. The third-order valence-electron chi connectivity index (χ3n) is 4.93. The van der Waals surface area contributed by atoms with E-state index in [1.54, 1.807) is 24.7 Å². The highest BCUT2D eigenvalue weighted by atomic mass is 32.2. The number of nitrogens with one attached hydrogen (secondary N) is 1. The van der Waals surface area contributed by atoms with Crippen LogP contribution < -0.4 is 14.8 Å². The first-order valence-electron chi connectivity index (χ1n) is 9.90. The van der Waals surface area contributed by atoms with Crippen LogP contribution in [0.25, 0.3) is 17.1 Å². The summed E-state index contributed by atoms with van der Waals surface area (Å²) in [5.41, 5.74) is 2.75. The lowest BCUT2D eigenvalue weighted by atomic mass is 10.1. The molecule has 10 heteroatoms. The molecule has 0 saturated carbocycles. The van der Waals surface area contributed by atoms with Crippen molar-refractivity contribution in [2.75, 3.05) is 12.5 Å². The van der Waals surface area contributed by atoms with Gasteiger partial charge in [0.15, 0.2) is 11.5 Å².